The Labute approximate surface area is 206 Å². The predicted octanol–water partition coefficient (Wildman–Crippen LogP) is 4.08. The van der Waals surface area contributed by atoms with E-state index in [1.165, 1.54) is 7.11 Å². The minimum atomic E-state index is -1.18. The number of aliphatic carboxylic acids is 1. The number of carboxylic acids is 1. The van der Waals surface area contributed by atoms with Crippen LogP contribution in [0.2, 0.25) is 0 Å². The number of carboxylic acid groups (broad SMARTS) is 1. The van der Waals surface area contributed by atoms with Crippen LogP contribution in [0.3, 0.4) is 0 Å². The molecule has 3 N–H and O–H groups in total. The molecule has 0 aliphatic heterocycles. The van der Waals surface area contributed by atoms with Crippen molar-refractivity contribution in [2.24, 2.45) is 0 Å². The normalized spacial score (nSPS) is 14.8. The van der Waals surface area contributed by atoms with Crippen molar-refractivity contribution in [3.63, 3.8) is 0 Å². The molecule has 35 heavy (non-hydrogen) atoms. The van der Waals surface area contributed by atoms with Gasteiger partial charge in [-0.15, -0.1) is 0 Å². The average molecular weight is 483 g/mol. The maximum absolute atomic E-state index is 12.7. The van der Waals surface area contributed by atoms with Gasteiger partial charge in [0.25, 0.3) is 0 Å². The molecule has 0 bridgehead atoms. The molecule has 0 saturated heterocycles. The number of hydrogen-bond donors (Lipinski definition) is 3. The number of methoxy groups -OCH3 is 1. The highest BCUT2D eigenvalue weighted by Crippen LogP contribution is 2.44. The van der Waals surface area contributed by atoms with Crippen molar-refractivity contribution >= 4 is 18.0 Å². The van der Waals surface area contributed by atoms with Crippen LogP contribution in [0.4, 0.5) is 4.79 Å². The number of amides is 2. The van der Waals surface area contributed by atoms with Gasteiger partial charge in [0.2, 0.25) is 5.91 Å². The number of unbranched alkanes of at least 4 members (excludes halogenated alkanes) is 1. The number of alkyl carbamates (subject to hydrolysis) is 1. The smallest absolute Gasteiger partial charge is 0.407 e. The monoisotopic (exact) mass is 482 g/mol. The van der Waals surface area contributed by atoms with E-state index in [4.69, 9.17) is 9.47 Å². The van der Waals surface area contributed by atoms with Crippen LogP contribution in [0, 0.1) is 0 Å². The Kier molecular flexibility index (Phi) is 9.25. The number of fused-ring (bicyclic) bond motifs is 3. The molecule has 0 fully saturated rings. The molecule has 8 heteroatoms. The molecular weight excluding hydrogens is 448 g/mol. The lowest BCUT2D eigenvalue weighted by Gasteiger charge is -2.23. The first-order valence-corrected chi connectivity index (χ1v) is 12.0. The average Bonchev–Trinajstić information content (AvgIpc) is 3.17. The lowest BCUT2D eigenvalue weighted by atomic mass is 9.98. The first-order valence-electron chi connectivity index (χ1n) is 12.0. The van der Waals surface area contributed by atoms with Crippen LogP contribution >= 0.6 is 0 Å². The second kappa shape index (κ2) is 12.4. The summed E-state index contributed by atoms with van der Waals surface area (Å²) in [4.78, 5) is 36.7. The molecule has 0 radical (unpaired) electrons. The molecule has 2 unspecified atom stereocenters. The van der Waals surface area contributed by atoms with Gasteiger partial charge in [-0.1, -0.05) is 68.3 Å². The lowest BCUT2D eigenvalue weighted by Crippen LogP contribution is -2.50. The van der Waals surface area contributed by atoms with Gasteiger partial charge in [0, 0.05) is 25.5 Å². The van der Waals surface area contributed by atoms with Crippen molar-refractivity contribution in [3.8, 4) is 11.1 Å². The van der Waals surface area contributed by atoms with Gasteiger partial charge >= 0.3 is 12.1 Å². The Morgan fingerprint density at radius 3 is 2.14 bits per heavy atom. The fourth-order valence-electron chi connectivity index (χ4n) is 4.45. The van der Waals surface area contributed by atoms with E-state index in [9.17, 15) is 19.5 Å². The second-order valence-electron chi connectivity index (χ2n) is 8.84. The van der Waals surface area contributed by atoms with Crippen molar-refractivity contribution in [1.29, 1.82) is 0 Å². The fraction of sp³-hybridized carbons (Fsp3) is 0.444. The predicted molar refractivity (Wildman–Crippen MR) is 132 cm³/mol. The summed E-state index contributed by atoms with van der Waals surface area (Å²) in [5.41, 5.74) is 4.53. The molecule has 2 amide bonds. The summed E-state index contributed by atoms with van der Waals surface area (Å²) in [6.07, 6.45) is 0.929. The summed E-state index contributed by atoms with van der Waals surface area (Å²) in [7, 11) is 1.38. The first-order chi connectivity index (χ1) is 16.8. The van der Waals surface area contributed by atoms with Gasteiger partial charge < -0.3 is 25.2 Å². The van der Waals surface area contributed by atoms with E-state index in [1.54, 1.807) is 6.92 Å². The van der Waals surface area contributed by atoms with Gasteiger partial charge in [-0.05, 0) is 35.6 Å². The Morgan fingerprint density at radius 2 is 1.60 bits per heavy atom. The SMILES string of the molecule is CCCC[C@@H](CC(=O)NC(C(=O)O)C(C)OC)NC(=O)OCC1c2ccccc2-c2ccccc21. The minimum absolute atomic E-state index is 0.0512. The molecule has 2 aromatic rings. The zero-order valence-corrected chi connectivity index (χ0v) is 20.5. The van der Waals surface area contributed by atoms with Gasteiger partial charge in [-0.3, -0.25) is 4.79 Å². The van der Waals surface area contributed by atoms with Crippen LogP contribution in [-0.4, -0.2) is 55.0 Å². The third-order valence-corrected chi connectivity index (χ3v) is 6.43. The Bertz CT molecular complexity index is 994. The van der Waals surface area contributed by atoms with E-state index in [1.807, 2.05) is 31.2 Å². The van der Waals surface area contributed by atoms with Gasteiger partial charge in [0.15, 0.2) is 6.04 Å². The molecule has 188 valence electrons. The highest BCUT2D eigenvalue weighted by molar-refractivity contribution is 5.84. The van der Waals surface area contributed by atoms with Gasteiger partial charge in [0.1, 0.15) is 6.61 Å². The van der Waals surface area contributed by atoms with Crippen molar-refractivity contribution in [2.45, 2.75) is 63.6 Å². The third-order valence-electron chi connectivity index (χ3n) is 6.43. The molecular formula is C27H34N2O6. The zero-order chi connectivity index (χ0) is 25.4. The molecule has 3 rings (SSSR count). The highest BCUT2D eigenvalue weighted by atomic mass is 16.5. The summed E-state index contributed by atoms with van der Waals surface area (Å²) >= 11 is 0. The molecule has 1 aliphatic carbocycles. The second-order valence-corrected chi connectivity index (χ2v) is 8.84. The first kappa shape index (κ1) is 26.2. The summed E-state index contributed by atoms with van der Waals surface area (Å²) in [5, 5.41) is 14.7. The quantitative estimate of drug-likeness (QED) is 0.420. The van der Waals surface area contributed by atoms with E-state index in [0.717, 1.165) is 35.1 Å². The minimum Gasteiger partial charge on any atom is -0.480 e. The molecule has 2 aromatic carbocycles. The van der Waals surface area contributed by atoms with Crippen molar-refractivity contribution in [3.05, 3.63) is 59.7 Å². The molecule has 0 spiro atoms. The van der Waals surface area contributed by atoms with E-state index >= 15 is 0 Å². The molecule has 3 atom stereocenters. The lowest BCUT2D eigenvalue weighted by molar-refractivity contribution is -0.145. The van der Waals surface area contributed by atoms with Crippen LogP contribution < -0.4 is 10.6 Å². The Hall–Kier alpha value is -3.39. The number of carbonyl (C=O) groups excluding carboxylic acids is 2. The largest absolute Gasteiger partial charge is 0.480 e. The molecule has 0 saturated carbocycles. The van der Waals surface area contributed by atoms with Gasteiger partial charge in [0.05, 0.1) is 6.10 Å². The van der Waals surface area contributed by atoms with E-state index in [-0.39, 0.29) is 18.9 Å². The molecule has 1 aliphatic rings. The Balaban J connectivity index is 1.61. The fourth-order valence-corrected chi connectivity index (χ4v) is 4.45. The summed E-state index contributed by atoms with van der Waals surface area (Å²) in [6, 6.07) is 14.6. The standard InChI is InChI=1S/C27H34N2O6/c1-4-5-10-18(15-24(30)29-25(26(31)32)17(2)34-3)28-27(33)35-16-23-21-13-8-6-11-19(21)20-12-7-9-14-22(20)23/h6-9,11-14,17-18,23,25H,4-5,10,15-16H2,1-3H3,(H,28,33)(H,29,30)(H,31,32)/t17?,18-,25?/m0/s1. The molecule has 0 heterocycles. The van der Waals surface area contributed by atoms with Crippen LogP contribution in [-0.2, 0) is 19.1 Å². The van der Waals surface area contributed by atoms with E-state index in [0.29, 0.717) is 6.42 Å². The maximum atomic E-state index is 12.7. The molecule has 0 aromatic heterocycles. The van der Waals surface area contributed by atoms with Crippen LogP contribution in [0.1, 0.15) is 56.6 Å². The highest BCUT2D eigenvalue weighted by Gasteiger charge is 2.30. The van der Waals surface area contributed by atoms with E-state index in [2.05, 4.69) is 34.9 Å². The topological polar surface area (TPSA) is 114 Å². The number of ether oxygens (including phenoxy) is 2. The number of nitrogens with one attached hydrogen (secondary N) is 2. The number of carbonyl (C=O) groups is 3. The number of hydrogen-bond acceptors (Lipinski definition) is 5. The summed E-state index contributed by atoms with van der Waals surface area (Å²) in [6.45, 7) is 3.77. The van der Waals surface area contributed by atoms with Crippen LogP contribution in [0.25, 0.3) is 11.1 Å². The zero-order valence-electron chi connectivity index (χ0n) is 20.5. The summed E-state index contributed by atoms with van der Waals surface area (Å²) < 4.78 is 10.7. The van der Waals surface area contributed by atoms with Gasteiger partial charge in [-0.2, -0.15) is 0 Å². The summed E-state index contributed by atoms with van der Waals surface area (Å²) in [5.74, 6) is -1.71. The maximum Gasteiger partial charge on any atom is 0.407 e. The van der Waals surface area contributed by atoms with Crippen LogP contribution in [0.15, 0.2) is 48.5 Å². The van der Waals surface area contributed by atoms with Crippen molar-refractivity contribution in [1.82, 2.24) is 10.6 Å². The van der Waals surface area contributed by atoms with Crippen molar-refractivity contribution in [2.75, 3.05) is 13.7 Å². The number of benzene rings is 2. The van der Waals surface area contributed by atoms with Crippen molar-refractivity contribution < 1.29 is 29.0 Å². The Morgan fingerprint density at radius 1 is 1.00 bits per heavy atom. The van der Waals surface area contributed by atoms with E-state index < -0.39 is 36.2 Å². The third kappa shape index (κ3) is 6.60. The number of rotatable bonds is 12. The van der Waals surface area contributed by atoms with Gasteiger partial charge in [-0.25, -0.2) is 9.59 Å². The van der Waals surface area contributed by atoms with Crippen LogP contribution in [0.5, 0.6) is 0 Å². The molecule has 8 nitrogen and oxygen atoms in total.